The van der Waals surface area contributed by atoms with Gasteiger partial charge in [-0.3, -0.25) is 9.78 Å². The van der Waals surface area contributed by atoms with Crippen LogP contribution >= 0.6 is 34.5 Å². The molecule has 0 aliphatic heterocycles. The van der Waals surface area contributed by atoms with Gasteiger partial charge in [-0.15, -0.1) is 11.3 Å². The largest absolute Gasteiger partial charge is 0.345 e. The summed E-state index contributed by atoms with van der Waals surface area (Å²) in [4.78, 5) is 16.8. The normalized spacial score (nSPS) is 12.2. The van der Waals surface area contributed by atoms with E-state index in [9.17, 15) is 4.79 Å². The maximum atomic E-state index is 12.0. The van der Waals surface area contributed by atoms with Gasteiger partial charge >= 0.3 is 0 Å². The molecule has 0 spiro atoms. The second-order valence-electron chi connectivity index (χ2n) is 3.69. The van der Waals surface area contributed by atoms with Crippen molar-refractivity contribution in [1.82, 2.24) is 10.3 Å². The number of halogens is 2. The fourth-order valence-corrected chi connectivity index (χ4v) is 2.73. The van der Waals surface area contributed by atoms with E-state index in [0.717, 1.165) is 4.88 Å². The van der Waals surface area contributed by atoms with E-state index in [0.29, 0.717) is 14.9 Å². The number of hydrogen-bond acceptors (Lipinski definition) is 3. The second-order valence-corrected chi connectivity index (χ2v) is 5.85. The minimum Gasteiger partial charge on any atom is -0.345 e. The lowest BCUT2D eigenvalue weighted by Crippen LogP contribution is -2.26. The van der Waals surface area contributed by atoms with Crippen LogP contribution in [0, 0.1) is 0 Å². The van der Waals surface area contributed by atoms with Gasteiger partial charge < -0.3 is 5.32 Å². The van der Waals surface area contributed by atoms with E-state index in [1.807, 2.05) is 19.1 Å². The summed E-state index contributed by atoms with van der Waals surface area (Å²) in [5.41, 5.74) is 0.418. The highest BCUT2D eigenvalue weighted by atomic mass is 35.5. The molecule has 2 aromatic heterocycles. The molecule has 2 aromatic rings. The predicted molar refractivity (Wildman–Crippen MR) is 74.5 cm³/mol. The first-order valence-electron chi connectivity index (χ1n) is 5.23. The fourth-order valence-electron chi connectivity index (χ4n) is 1.47. The molecule has 94 valence electrons. The molecule has 0 bridgehead atoms. The molecule has 0 fully saturated rings. The van der Waals surface area contributed by atoms with Gasteiger partial charge in [0.1, 0.15) is 0 Å². The summed E-state index contributed by atoms with van der Waals surface area (Å²) < 4.78 is 0.702. The van der Waals surface area contributed by atoms with Crippen LogP contribution in [0.4, 0.5) is 0 Å². The van der Waals surface area contributed by atoms with Gasteiger partial charge in [-0.05, 0) is 25.1 Å². The molecule has 0 saturated carbocycles. The average molecular weight is 301 g/mol. The first kappa shape index (κ1) is 13.3. The topological polar surface area (TPSA) is 42.0 Å². The van der Waals surface area contributed by atoms with Crippen LogP contribution in [0.1, 0.15) is 28.2 Å². The Morgan fingerprint density at radius 2 is 2.17 bits per heavy atom. The summed E-state index contributed by atoms with van der Waals surface area (Å²) in [5.74, 6) is -0.223. The highest BCUT2D eigenvalue weighted by Gasteiger charge is 2.15. The minimum absolute atomic E-state index is 0.112. The molecule has 2 rings (SSSR count). The molecule has 0 aromatic carbocycles. The third-order valence-electron chi connectivity index (χ3n) is 2.39. The van der Waals surface area contributed by atoms with E-state index in [-0.39, 0.29) is 11.9 Å². The molecular formula is C12H10Cl2N2OS. The highest BCUT2D eigenvalue weighted by molar-refractivity contribution is 7.16. The summed E-state index contributed by atoms with van der Waals surface area (Å²) >= 11 is 13.2. The number of pyridine rings is 1. The van der Waals surface area contributed by atoms with E-state index < -0.39 is 0 Å². The van der Waals surface area contributed by atoms with Gasteiger partial charge in [0, 0.05) is 17.3 Å². The van der Waals surface area contributed by atoms with Crippen LogP contribution in [0.2, 0.25) is 9.36 Å². The maximum Gasteiger partial charge on any atom is 0.253 e. The van der Waals surface area contributed by atoms with E-state index in [4.69, 9.17) is 23.2 Å². The lowest BCUT2D eigenvalue weighted by atomic mass is 10.2. The molecule has 0 aliphatic rings. The van der Waals surface area contributed by atoms with Gasteiger partial charge in [-0.1, -0.05) is 23.2 Å². The summed E-state index contributed by atoms with van der Waals surface area (Å²) in [6.45, 7) is 1.90. The number of aromatic nitrogens is 1. The zero-order chi connectivity index (χ0) is 13.1. The molecule has 1 amide bonds. The van der Waals surface area contributed by atoms with Crippen LogP contribution in [-0.2, 0) is 0 Å². The smallest absolute Gasteiger partial charge is 0.253 e. The Labute approximate surface area is 119 Å². The van der Waals surface area contributed by atoms with Crippen molar-refractivity contribution in [2.24, 2.45) is 0 Å². The number of amides is 1. The maximum absolute atomic E-state index is 12.0. The van der Waals surface area contributed by atoms with Gasteiger partial charge in [0.05, 0.1) is 21.0 Å². The van der Waals surface area contributed by atoms with Crippen molar-refractivity contribution >= 4 is 40.4 Å². The van der Waals surface area contributed by atoms with Crippen LogP contribution in [0.15, 0.2) is 30.6 Å². The number of hydrogen-bond donors (Lipinski definition) is 1. The van der Waals surface area contributed by atoms with Crippen molar-refractivity contribution in [3.05, 3.63) is 50.4 Å². The van der Waals surface area contributed by atoms with Crippen LogP contribution in [0.25, 0.3) is 0 Å². The zero-order valence-electron chi connectivity index (χ0n) is 9.48. The van der Waals surface area contributed by atoms with Crippen molar-refractivity contribution < 1.29 is 4.79 Å². The van der Waals surface area contributed by atoms with Crippen LogP contribution in [0.5, 0.6) is 0 Å². The molecule has 3 nitrogen and oxygen atoms in total. The molecule has 18 heavy (non-hydrogen) atoms. The Balaban J connectivity index is 2.10. The van der Waals surface area contributed by atoms with Gasteiger partial charge in [-0.2, -0.15) is 0 Å². The lowest BCUT2D eigenvalue weighted by Gasteiger charge is -2.12. The molecule has 0 radical (unpaired) electrons. The SMILES string of the molecule is CC(NC(=O)c1ccncc1Cl)c1ccc(Cl)s1. The summed E-state index contributed by atoms with van der Waals surface area (Å²) in [6.07, 6.45) is 2.98. The first-order chi connectivity index (χ1) is 8.58. The number of nitrogens with one attached hydrogen (secondary N) is 1. The number of thiophene rings is 1. The zero-order valence-corrected chi connectivity index (χ0v) is 11.8. The van der Waals surface area contributed by atoms with Gasteiger partial charge in [0.2, 0.25) is 0 Å². The van der Waals surface area contributed by atoms with Crippen molar-refractivity contribution in [1.29, 1.82) is 0 Å². The van der Waals surface area contributed by atoms with E-state index in [1.165, 1.54) is 23.7 Å². The Hall–Kier alpha value is -1.10. The van der Waals surface area contributed by atoms with Crippen LogP contribution in [-0.4, -0.2) is 10.9 Å². The van der Waals surface area contributed by atoms with E-state index >= 15 is 0 Å². The molecule has 1 N–H and O–H groups in total. The van der Waals surface area contributed by atoms with Gasteiger partial charge in [-0.25, -0.2) is 0 Å². The number of carbonyl (C=O) groups excluding carboxylic acids is 1. The van der Waals surface area contributed by atoms with Crippen molar-refractivity contribution in [2.75, 3.05) is 0 Å². The quantitative estimate of drug-likeness (QED) is 0.933. The van der Waals surface area contributed by atoms with Gasteiger partial charge in [0.15, 0.2) is 0 Å². The Morgan fingerprint density at radius 3 is 2.78 bits per heavy atom. The molecule has 6 heteroatoms. The van der Waals surface area contributed by atoms with Crippen molar-refractivity contribution in [3.8, 4) is 0 Å². The van der Waals surface area contributed by atoms with E-state index in [1.54, 1.807) is 6.07 Å². The summed E-state index contributed by atoms with van der Waals surface area (Å²) in [5, 5.41) is 3.21. The Morgan fingerprint density at radius 1 is 1.39 bits per heavy atom. The summed E-state index contributed by atoms with van der Waals surface area (Å²) in [7, 11) is 0. The third-order valence-corrected chi connectivity index (χ3v) is 4.10. The standard InChI is InChI=1S/C12H10Cl2N2OS/c1-7(10-2-3-11(14)18-10)16-12(17)8-4-5-15-6-9(8)13/h2-7H,1H3,(H,16,17). The summed E-state index contributed by atoms with van der Waals surface area (Å²) in [6, 6.07) is 5.18. The van der Waals surface area contributed by atoms with Crippen LogP contribution < -0.4 is 5.32 Å². The Kier molecular flexibility index (Phi) is 4.22. The fraction of sp³-hybridized carbons (Fsp3) is 0.167. The first-order valence-corrected chi connectivity index (χ1v) is 6.81. The molecule has 0 aliphatic carbocycles. The predicted octanol–water partition coefficient (Wildman–Crippen LogP) is 3.94. The lowest BCUT2D eigenvalue weighted by molar-refractivity contribution is 0.0940. The number of rotatable bonds is 3. The van der Waals surface area contributed by atoms with Crippen molar-refractivity contribution in [2.45, 2.75) is 13.0 Å². The molecular weight excluding hydrogens is 291 g/mol. The second kappa shape index (κ2) is 5.69. The molecule has 0 saturated heterocycles. The highest BCUT2D eigenvalue weighted by Crippen LogP contribution is 2.27. The Bertz CT molecular complexity index is 571. The van der Waals surface area contributed by atoms with Gasteiger partial charge in [0.25, 0.3) is 5.91 Å². The van der Waals surface area contributed by atoms with Crippen molar-refractivity contribution in [3.63, 3.8) is 0 Å². The van der Waals surface area contributed by atoms with Crippen LogP contribution in [0.3, 0.4) is 0 Å². The average Bonchev–Trinajstić information content (AvgIpc) is 2.76. The minimum atomic E-state index is -0.223. The molecule has 1 unspecified atom stereocenters. The number of carbonyl (C=O) groups is 1. The number of nitrogens with zero attached hydrogens (tertiary/aromatic N) is 1. The monoisotopic (exact) mass is 300 g/mol. The van der Waals surface area contributed by atoms with E-state index in [2.05, 4.69) is 10.3 Å². The molecule has 1 atom stereocenters. The molecule has 2 heterocycles. The third kappa shape index (κ3) is 3.02.